The second-order valence-corrected chi connectivity index (χ2v) is 21.9. The normalized spacial score (nSPS) is 29.9. The Kier molecular flexibility index (Phi) is 14.4. The monoisotopic (exact) mass is 1060 g/mol. The van der Waals surface area contributed by atoms with E-state index in [0.29, 0.717) is 16.6 Å². The zero-order valence-corrected chi connectivity index (χ0v) is 44.6. The number of ketones is 3. The zero-order valence-electron chi connectivity index (χ0n) is 44.6. The lowest BCUT2D eigenvalue weighted by atomic mass is 9.78. The molecule has 11 atom stereocenters. The predicted octanol–water partition coefficient (Wildman–Crippen LogP) is 5.66. The van der Waals surface area contributed by atoms with Crippen LogP contribution < -0.4 is 20.5 Å². The number of likely N-dealkylation sites (tertiary alicyclic amines) is 1. The van der Waals surface area contributed by atoms with Crippen LogP contribution in [0, 0.1) is 55.2 Å². The Hall–Kier alpha value is -7.16. The second kappa shape index (κ2) is 20.3. The third-order valence-corrected chi connectivity index (χ3v) is 16.7. The van der Waals surface area contributed by atoms with E-state index in [1.54, 1.807) is 45.6 Å². The number of hydrogen-bond donors (Lipinski definition) is 5. The van der Waals surface area contributed by atoms with Crippen LogP contribution in [-0.2, 0) is 23.8 Å². The third kappa shape index (κ3) is 9.30. The molecule has 19 nitrogen and oxygen atoms in total. The van der Waals surface area contributed by atoms with Gasteiger partial charge in [-0.05, 0) is 62.8 Å². The predicted molar refractivity (Wildman–Crippen MR) is 276 cm³/mol. The van der Waals surface area contributed by atoms with Gasteiger partial charge in [0.2, 0.25) is 11.6 Å². The van der Waals surface area contributed by atoms with Gasteiger partial charge in [-0.2, -0.15) is 0 Å². The van der Waals surface area contributed by atoms with Crippen molar-refractivity contribution in [2.24, 2.45) is 35.5 Å². The average molecular weight is 1070 g/mol. The second-order valence-electron chi connectivity index (χ2n) is 21.9. The molecule has 0 radical (unpaired) electrons. The highest BCUT2D eigenvalue weighted by Gasteiger charge is 2.54. The van der Waals surface area contributed by atoms with Crippen LogP contribution in [-0.4, -0.2) is 128 Å². The number of aromatic hydroxyl groups is 1. The molecule has 2 aliphatic carbocycles. The zero-order chi connectivity index (χ0) is 56.0. The molecular formula is C57H65FN4O15. The Bertz CT molecular complexity index is 3230. The van der Waals surface area contributed by atoms with Gasteiger partial charge in [-0.3, -0.25) is 33.2 Å². The van der Waals surface area contributed by atoms with E-state index >= 15 is 14.0 Å². The summed E-state index contributed by atoms with van der Waals surface area (Å²) in [5, 5.41) is 47.5. The number of benzene rings is 1. The summed E-state index contributed by atoms with van der Waals surface area (Å²) < 4.78 is 41.3. The van der Waals surface area contributed by atoms with Gasteiger partial charge in [0.05, 0.1) is 58.7 Å². The molecule has 1 saturated carbocycles. The molecular weight excluding hydrogens is 1000 g/mol. The number of phenols is 1. The van der Waals surface area contributed by atoms with Crippen LogP contribution in [0.5, 0.6) is 11.5 Å². The van der Waals surface area contributed by atoms with Gasteiger partial charge in [0.25, 0.3) is 17.2 Å². The summed E-state index contributed by atoms with van der Waals surface area (Å²) in [6.45, 7) is 14.7. The lowest BCUT2D eigenvalue weighted by Crippen LogP contribution is -2.46. The highest BCUT2D eigenvalue weighted by atomic mass is 19.1. The number of pyridine rings is 2. The Labute approximate surface area is 443 Å². The van der Waals surface area contributed by atoms with Crippen LogP contribution in [0.25, 0.3) is 5.52 Å². The number of aliphatic hydroxyl groups is 2. The molecule has 3 aromatic rings. The number of hydrogen-bond acceptors (Lipinski definition) is 16. The van der Waals surface area contributed by atoms with Gasteiger partial charge in [0, 0.05) is 93.8 Å². The van der Waals surface area contributed by atoms with Crippen molar-refractivity contribution < 1.29 is 72.5 Å². The van der Waals surface area contributed by atoms with Gasteiger partial charge in [-0.15, -0.1) is 0 Å². The molecule has 2 saturated heterocycles. The van der Waals surface area contributed by atoms with Crippen molar-refractivity contribution in [3.8, 4) is 11.5 Å². The summed E-state index contributed by atoms with van der Waals surface area (Å²) >= 11 is 0. The number of aromatic nitrogens is 1. The number of carbonyl (C=O) groups excluding carboxylic acids is 5. The fourth-order valence-electron chi connectivity index (χ4n) is 12.2. The number of carboxylic acid groups (broad SMARTS) is 1. The molecule has 2 aromatic heterocycles. The summed E-state index contributed by atoms with van der Waals surface area (Å²) in [4.78, 5) is 101. The fraction of sp³-hybridized carbons (Fsp3) is 0.491. The molecule has 3 fully saturated rings. The van der Waals surface area contributed by atoms with Crippen LogP contribution in [0.2, 0.25) is 0 Å². The Morgan fingerprint density at radius 2 is 1.51 bits per heavy atom. The van der Waals surface area contributed by atoms with E-state index in [9.17, 15) is 44.4 Å². The summed E-state index contributed by atoms with van der Waals surface area (Å²) in [6.07, 6.45) is 5.72. The Morgan fingerprint density at radius 3 is 2.12 bits per heavy atom. The first-order valence-electron chi connectivity index (χ1n) is 26.0. The van der Waals surface area contributed by atoms with Crippen LogP contribution >= 0.6 is 0 Å². The number of esters is 1. The van der Waals surface area contributed by atoms with Crippen LogP contribution in [0.4, 0.5) is 10.1 Å². The maximum absolute atomic E-state index is 16.4. The molecule has 7 aliphatic rings. The third-order valence-electron chi connectivity index (χ3n) is 16.7. The first-order valence-corrected chi connectivity index (χ1v) is 26.0. The maximum atomic E-state index is 16.4. The quantitative estimate of drug-likeness (QED) is 0.187. The van der Waals surface area contributed by atoms with Crippen molar-refractivity contribution in [1.82, 2.24) is 14.6 Å². The molecule has 5 N–H and O–H groups in total. The largest absolute Gasteiger partial charge is 0.507 e. The number of nitrogens with zero attached hydrogens (tertiary/aromatic N) is 3. The van der Waals surface area contributed by atoms with Gasteiger partial charge >= 0.3 is 17.7 Å². The number of phenolic OH excluding ortho intramolecular Hbond substituents is 1. The first kappa shape index (κ1) is 54.6. The number of allylic oxidation sites excluding steroid dienone is 4. The number of aromatic carboxylic acids is 1. The number of methoxy groups -OCH3 is 1. The van der Waals surface area contributed by atoms with Crippen LogP contribution in [0.1, 0.15) is 125 Å². The Morgan fingerprint density at radius 1 is 0.857 bits per heavy atom. The lowest BCUT2D eigenvalue weighted by molar-refractivity contribution is -0.160. The van der Waals surface area contributed by atoms with Crippen molar-refractivity contribution in [2.45, 2.75) is 111 Å². The number of nitrogens with one attached hydrogen (secondary N) is 1. The van der Waals surface area contributed by atoms with E-state index in [0.717, 1.165) is 29.7 Å². The highest BCUT2D eigenvalue weighted by molar-refractivity contribution is 6.32. The summed E-state index contributed by atoms with van der Waals surface area (Å²) in [5.74, 6) is -12.5. The molecule has 0 spiro atoms. The van der Waals surface area contributed by atoms with Gasteiger partial charge in [-0.25, -0.2) is 9.18 Å². The number of halogens is 1. The minimum Gasteiger partial charge on any atom is -0.507 e. The molecule has 2 unspecified atom stereocenters. The van der Waals surface area contributed by atoms with E-state index in [1.165, 1.54) is 59.1 Å². The number of ether oxygens (including phenoxy) is 4. The molecule has 10 rings (SSSR count). The first-order chi connectivity index (χ1) is 36.3. The SMILES string of the molecule is CO[C@H]1C=CO[C@@]2(C)Oc3c(C)c(O)c4c(c3C2=O)C(=O)C(N2CC3CN(c5c(F)cn6c(=O)c(C(=O)O)cc(C7CC7)c6c5C)CC3C2)=C(NC(=O)C(C)=CC=C[C@H](C)[C@H](O)[C@@H](C)[C@@H](O)[C@@H](C)[C@H](OC(C)=O)[C@@H]1C)C4=O. The number of aliphatic hydroxyl groups excluding tert-OH is 2. The lowest BCUT2D eigenvalue weighted by Gasteiger charge is -2.38. The van der Waals surface area contributed by atoms with Crippen molar-refractivity contribution in [2.75, 3.05) is 38.2 Å². The highest BCUT2D eigenvalue weighted by Crippen LogP contribution is 2.50. The standard InChI is InChI=1S/C57H65FN4O15/c1-24-12-11-13-25(2)54(70)59-42-45(61-21-33-19-60(20-34(33)22-61)44-27(4)43-35(32-14-15-32)18-36(56(72)73)55(71)62(43)23-37(44)58)50(68)39-40(49(42)67)48(66)30(7)52-41(39)53(69)57(9,77-52)75-17-16-38(74-10)26(3)51(76-31(8)63)29(6)47(65)28(5)46(24)64/h11-13,16-18,23-24,26,28-29,32-34,38,46-47,51,64-66H,14-15,19-22H2,1-10H3,(H,59,70)(H,72,73)/t24-,26+,28+,29+,33?,34?,38-,46-,47+,51+,57-/m0/s1. The molecule has 1 amide bonds. The summed E-state index contributed by atoms with van der Waals surface area (Å²) in [5.41, 5.74) is -1.41. The molecule has 77 heavy (non-hydrogen) atoms. The molecule has 1 aromatic carbocycles. The summed E-state index contributed by atoms with van der Waals surface area (Å²) in [7, 11) is 1.41. The smallest absolute Gasteiger partial charge is 0.341 e. The number of fused-ring (bicyclic) bond motifs is 16. The molecule has 5 bridgehead atoms. The number of carboxylic acids is 1. The topological polar surface area (TPSA) is 260 Å². The van der Waals surface area contributed by atoms with Crippen molar-refractivity contribution in [3.05, 3.63) is 115 Å². The number of amides is 1. The summed E-state index contributed by atoms with van der Waals surface area (Å²) in [6, 6.07) is 1.40. The van der Waals surface area contributed by atoms with E-state index in [4.69, 9.17) is 18.9 Å². The Balaban J connectivity index is 1.10. The number of aryl methyl sites for hydroxylation is 1. The van der Waals surface area contributed by atoms with Crippen molar-refractivity contribution in [1.29, 1.82) is 0 Å². The number of carbonyl (C=O) groups is 6. The van der Waals surface area contributed by atoms with E-state index in [1.807, 2.05) is 4.90 Å². The van der Waals surface area contributed by atoms with E-state index in [-0.39, 0.29) is 77.8 Å². The average Bonchev–Trinajstić information content (AvgIpc) is 4.11. The van der Waals surface area contributed by atoms with Gasteiger partial charge in [-0.1, -0.05) is 45.9 Å². The molecule has 20 heteroatoms. The van der Waals surface area contributed by atoms with E-state index in [2.05, 4.69) is 5.32 Å². The minimum atomic E-state index is -2.17. The number of rotatable bonds is 6. The van der Waals surface area contributed by atoms with Crippen molar-refractivity contribution >= 4 is 46.4 Å². The molecule has 5 aliphatic heterocycles. The molecule has 7 heterocycles. The van der Waals surface area contributed by atoms with Gasteiger partial charge in [0.1, 0.15) is 34.6 Å². The van der Waals surface area contributed by atoms with Crippen LogP contribution in [0.15, 0.2) is 64.6 Å². The molecule has 410 valence electrons. The number of anilines is 1. The minimum absolute atomic E-state index is 0.0147. The van der Waals surface area contributed by atoms with E-state index < -0.39 is 129 Å². The van der Waals surface area contributed by atoms with Gasteiger partial charge in [0.15, 0.2) is 5.82 Å². The van der Waals surface area contributed by atoms with Gasteiger partial charge < -0.3 is 54.5 Å². The fourth-order valence-corrected chi connectivity index (χ4v) is 12.2. The van der Waals surface area contributed by atoms with Crippen LogP contribution in [0.3, 0.4) is 0 Å². The van der Waals surface area contributed by atoms with Crippen molar-refractivity contribution in [3.63, 3.8) is 0 Å². The number of Topliss-reactive ketones (excluding diaryl/α,β-unsaturated/α-hetero) is 3. The maximum Gasteiger partial charge on any atom is 0.341 e.